The van der Waals surface area contributed by atoms with E-state index in [0.29, 0.717) is 5.92 Å². The zero-order chi connectivity index (χ0) is 16.3. The van der Waals surface area contributed by atoms with Crippen molar-refractivity contribution in [1.29, 1.82) is 0 Å². The van der Waals surface area contributed by atoms with Crippen LogP contribution in [0.15, 0.2) is 20.9 Å². The van der Waals surface area contributed by atoms with Crippen LogP contribution in [0, 0.1) is 5.92 Å². The van der Waals surface area contributed by atoms with Gasteiger partial charge in [-0.25, -0.2) is 0 Å². The number of rotatable bonds is 8. The van der Waals surface area contributed by atoms with Crippen LogP contribution in [0.2, 0.25) is 0 Å². The molecule has 0 atom stereocenters. The molecule has 1 aliphatic rings. The van der Waals surface area contributed by atoms with Crippen molar-refractivity contribution in [3.05, 3.63) is 20.8 Å². The molecule has 2 heterocycles. The van der Waals surface area contributed by atoms with E-state index in [9.17, 15) is 0 Å². The quantitative estimate of drug-likeness (QED) is 0.397. The maximum Gasteiger partial charge on any atom is 0.191 e. The minimum absolute atomic E-state index is 0.677. The largest absolute Gasteiger partial charge is 0.381 e. The summed E-state index contributed by atoms with van der Waals surface area (Å²) in [5.74, 6) is 1.51. The van der Waals surface area contributed by atoms with Crippen molar-refractivity contribution in [3.8, 4) is 0 Å². The van der Waals surface area contributed by atoms with Crippen molar-refractivity contribution in [3.63, 3.8) is 0 Å². The number of hydrogen-bond donors (Lipinski definition) is 2. The van der Waals surface area contributed by atoms with Gasteiger partial charge in [-0.15, -0.1) is 11.3 Å². The molecule has 1 fully saturated rings. The molecule has 0 radical (unpaired) electrons. The molecule has 1 aliphatic heterocycles. The average Bonchev–Trinajstić information content (AvgIpc) is 3.00. The Labute approximate surface area is 151 Å². The molecule has 0 aromatic carbocycles. The fourth-order valence-electron chi connectivity index (χ4n) is 2.38. The van der Waals surface area contributed by atoms with Crippen molar-refractivity contribution in [2.24, 2.45) is 10.9 Å². The highest BCUT2D eigenvalue weighted by molar-refractivity contribution is 9.11. The molecular formula is C16H26BrN3O2S. The van der Waals surface area contributed by atoms with E-state index in [1.165, 1.54) is 4.88 Å². The molecule has 2 N–H and O–H groups in total. The lowest BCUT2D eigenvalue weighted by Gasteiger charge is -2.21. The zero-order valence-electron chi connectivity index (χ0n) is 13.6. The third-order valence-corrected chi connectivity index (χ3v) is 5.36. The van der Waals surface area contributed by atoms with E-state index in [1.807, 2.05) is 0 Å². The van der Waals surface area contributed by atoms with Gasteiger partial charge in [0, 0.05) is 44.9 Å². The molecule has 1 saturated heterocycles. The highest BCUT2D eigenvalue weighted by atomic mass is 79.9. The molecular weight excluding hydrogens is 378 g/mol. The topological polar surface area (TPSA) is 54.9 Å². The van der Waals surface area contributed by atoms with E-state index in [-0.39, 0.29) is 0 Å². The van der Waals surface area contributed by atoms with Crippen LogP contribution in [0.5, 0.6) is 0 Å². The number of halogens is 1. The molecule has 23 heavy (non-hydrogen) atoms. The molecule has 2 rings (SSSR count). The summed E-state index contributed by atoms with van der Waals surface area (Å²) in [7, 11) is 1.79. The Hall–Kier alpha value is -0.630. The molecule has 0 unspecified atom stereocenters. The van der Waals surface area contributed by atoms with E-state index in [0.717, 1.165) is 68.5 Å². The van der Waals surface area contributed by atoms with Crippen LogP contribution in [-0.2, 0) is 16.0 Å². The van der Waals surface area contributed by atoms with Gasteiger partial charge in [-0.1, -0.05) is 0 Å². The van der Waals surface area contributed by atoms with Crippen LogP contribution < -0.4 is 10.6 Å². The first-order valence-electron chi connectivity index (χ1n) is 8.12. The zero-order valence-corrected chi connectivity index (χ0v) is 16.0. The molecule has 1 aromatic rings. The van der Waals surface area contributed by atoms with Gasteiger partial charge < -0.3 is 20.1 Å². The van der Waals surface area contributed by atoms with Crippen LogP contribution in [0.25, 0.3) is 0 Å². The molecule has 0 bridgehead atoms. The Morgan fingerprint density at radius 1 is 1.39 bits per heavy atom. The van der Waals surface area contributed by atoms with Gasteiger partial charge in [0.2, 0.25) is 0 Å². The summed E-state index contributed by atoms with van der Waals surface area (Å²) in [6.45, 7) is 5.08. The van der Waals surface area contributed by atoms with E-state index in [2.05, 4.69) is 43.7 Å². The fraction of sp³-hybridized carbons (Fsp3) is 0.688. The first kappa shape index (κ1) is 18.7. The first-order chi connectivity index (χ1) is 11.3. The molecule has 0 amide bonds. The minimum Gasteiger partial charge on any atom is -0.381 e. The van der Waals surface area contributed by atoms with Crippen LogP contribution >= 0.6 is 27.3 Å². The molecule has 0 saturated carbocycles. The third kappa shape index (κ3) is 7.65. The second kappa shape index (κ2) is 11.0. The Kier molecular flexibility index (Phi) is 8.96. The summed E-state index contributed by atoms with van der Waals surface area (Å²) in [5.41, 5.74) is 0. The number of nitrogens with zero attached hydrogens (tertiary/aromatic N) is 1. The number of nitrogens with one attached hydrogen (secondary N) is 2. The summed E-state index contributed by atoms with van der Waals surface area (Å²) < 4.78 is 12.3. The monoisotopic (exact) mass is 403 g/mol. The summed E-state index contributed by atoms with van der Waals surface area (Å²) in [4.78, 5) is 5.51. The van der Waals surface area contributed by atoms with Crippen LogP contribution in [0.3, 0.4) is 0 Å². The van der Waals surface area contributed by atoms with Gasteiger partial charge in [0.25, 0.3) is 0 Å². The van der Waals surface area contributed by atoms with Gasteiger partial charge in [-0.2, -0.15) is 0 Å². The maximum absolute atomic E-state index is 5.76. The van der Waals surface area contributed by atoms with Crippen LogP contribution in [0.4, 0.5) is 0 Å². The normalized spacial score (nSPS) is 16.5. The van der Waals surface area contributed by atoms with Gasteiger partial charge >= 0.3 is 0 Å². The molecule has 130 valence electrons. The van der Waals surface area contributed by atoms with E-state index >= 15 is 0 Å². The van der Waals surface area contributed by atoms with E-state index in [4.69, 9.17) is 9.47 Å². The second-order valence-electron chi connectivity index (χ2n) is 5.54. The first-order valence-corrected chi connectivity index (χ1v) is 9.73. The second-order valence-corrected chi connectivity index (χ2v) is 8.09. The number of thiophene rings is 1. The van der Waals surface area contributed by atoms with Crippen molar-refractivity contribution in [1.82, 2.24) is 10.6 Å². The average molecular weight is 404 g/mol. The Balaban J connectivity index is 1.50. The highest BCUT2D eigenvalue weighted by Crippen LogP contribution is 2.21. The van der Waals surface area contributed by atoms with Gasteiger partial charge in [0.05, 0.1) is 10.3 Å². The third-order valence-electron chi connectivity index (χ3n) is 3.73. The van der Waals surface area contributed by atoms with Gasteiger partial charge in [0.1, 0.15) is 0 Å². The van der Waals surface area contributed by atoms with E-state index in [1.54, 1.807) is 18.4 Å². The highest BCUT2D eigenvalue weighted by Gasteiger charge is 2.13. The van der Waals surface area contributed by atoms with Crippen LogP contribution in [0.1, 0.15) is 24.1 Å². The molecule has 5 nitrogen and oxygen atoms in total. The van der Waals surface area contributed by atoms with Gasteiger partial charge in [0.15, 0.2) is 5.96 Å². The predicted molar refractivity (Wildman–Crippen MR) is 99.2 cm³/mol. The summed E-state index contributed by atoms with van der Waals surface area (Å²) in [6, 6.07) is 4.17. The SMILES string of the molecule is CN=C(NCCCOCC1CCOCC1)NCc1ccc(Br)s1. The molecule has 7 heteroatoms. The lowest BCUT2D eigenvalue weighted by Crippen LogP contribution is -2.37. The molecule has 0 spiro atoms. The predicted octanol–water partition coefficient (Wildman–Crippen LogP) is 3.01. The number of guanidine groups is 1. The van der Waals surface area contributed by atoms with Gasteiger partial charge in [-0.3, -0.25) is 4.99 Å². The summed E-state index contributed by atoms with van der Waals surface area (Å²) >= 11 is 5.21. The number of hydrogen-bond acceptors (Lipinski definition) is 4. The van der Waals surface area contributed by atoms with Crippen molar-refractivity contribution in [2.45, 2.75) is 25.8 Å². The standard InChI is InChI=1S/C16H26BrN3O2S/c1-18-16(20-11-14-3-4-15(17)23-14)19-7-2-8-22-12-13-5-9-21-10-6-13/h3-4,13H,2,5-12H2,1H3,(H2,18,19,20). The maximum atomic E-state index is 5.76. The van der Waals surface area contributed by atoms with Crippen LogP contribution in [-0.4, -0.2) is 46.0 Å². The minimum atomic E-state index is 0.677. The summed E-state index contributed by atoms with van der Waals surface area (Å²) in [5, 5.41) is 6.63. The lowest BCUT2D eigenvalue weighted by atomic mass is 10.0. The number of ether oxygens (including phenoxy) is 2. The number of aliphatic imine (C=N–C) groups is 1. The van der Waals surface area contributed by atoms with Gasteiger partial charge in [-0.05, 0) is 53.2 Å². The Bertz CT molecular complexity index is 476. The Morgan fingerprint density at radius 2 is 2.22 bits per heavy atom. The molecule has 0 aliphatic carbocycles. The summed E-state index contributed by atoms with van der Waals surface area (Å²) in [6.07, 6.45) is 3.25. The smallest absolute Gasteiger partial charge is 0.191 e. The Morgan fingerprint density at radius 3 is 2.91 bits per heavy atom. The van der Waals surface area contributed by atoms with Crippen molar-refractivity contribution >= 4 is 33.2 Å². The van der Waals surface area contributed by atoms with E-state index < -0.39 is 0 Å². The fourth-order valence-corrected chi connectivity index (χ4v) is 3.81. The lowest BCUT2D eigenvalue weighted by molar-refractivity contribution is 0.0203. The van der Waals surface area contributed by atoms with Crippen molar-refractivity contribution in [2.75, 3.05) is 40.0 Å². The molecule has 1 aromatic heterocycles. The van der Waals surface area contributed by atoms with Crippen molar-refractivity contribution < 1.29 is 9.47 Å².